The summed E-state index contributed by atoms with van der Waals surface area (Å²) in [7, 11) is 0. The molecule has 1 aliphatic heterocycles. The van der Waals surface area contributed by atoms with Gasteiger partial charge in [-0.3, -0.25) is 9.69 Å². The van der Waals surface area contributed by atoms with Crippen LogP contribution in [0.2, 0.25) is 0 Å². The van der Waals surface area contributed by atoms with E-state index in [1.54, 1.807) is 12.1 Å². The highest BCUT2D eigenvalue weighted by Crippen LogP contribution is 2.23. The van der Waals surface area contributed by atoms with Crippen molar-refractivity contribution in [2.24, 2.45) is 0 Å². The Hall–Kier alpha value is -2.31. The van der Waals surface area contributed by atoms with Crippen molar-refractivity contribution >= 4 is 5.91 Å². The van der Waals surface area contributed by atoms with E-state index in [0.29, 0.717) is 31.9 Å². The summed E-state index contributed by atoms with van der Waals surface area (Å²) >= 11 is 0. The van der Waals surface area contributed by atoms with Gasteiger partial charge in [-0.05, 0) is 50.2 Å². The zero-order valence-electron chi connectivity index (χ0n) is 15.4. The minimum absolute atomic E-state index is 0.000696. The Balaban J connectivity index is 1.65. The predicted octanol–water partition coefficient (Wildman–Crippen LogP) is 2.79. The van der Waals surface area contributed by atoms with E-state index in [9.17, 15) is 4.79 Å². The van der Waals surface area contributed by atoms with Crippen molar-refractivity contribution < 1.29 is 18.7 Å². The van der Waals surface area contributed by atoms with Crippen LogP contribution in [-0.2, 0) is 4.74 Å². The van der Waals surface area contributed by atoms with Crippen LogP contribution < -0.4 is 10.1 Å². The van der Waals surface area contributed by atoms with Gasteiger partial charge in [0.15, 0.2) is 0 Å². The van der Waals surface area contributed by atoms with Gasteiger partial charge in [-0.15, -0.1) is 0 Å². The third-order valence-corrected chi connectivity index (χ3v) is 4.46. The van der Waals surface area contributed by atoms with Crippen LogP contribution in [-0.4, -0.2) is 50.3 Å². The number of benzene rings is 1. The minimum Gasteiger partial charge on any atom is -0.494 e. The van der Waals surface area contributed by atoms with E-state index in [4.69, 9.17) is 13.9 Å². The molecule has 140 valence electrons. The molecule has 1 aliphatic rings. The van der Waals surface area contributed by atoms with Gasteiger partial charge >= 0.3 is 0 Å². The lowest BCUT2D eigenvalue weighted by molar-refractivity contribution is 0.0117. The summed E-state index contributed by atoms with van der Waals surface area (Å²) in [5.74, 6) is 2.41. The first-order valence-electron chi connectivity index (χ1n) is 9.06. The Morgan fingerprint density at radius 1 is 1.19 bits per heavy atom. The number of hydrogen-bond donors (Lipinski definition) is 1. The maximum Gasteiger partial charge on any atom is 0.251 e. The highest BCUT2D eigenvalue weighted by molar-refractivity contribution is 5.94. The summed E-state index contributed by atoms with van der Waals surface area (Å²) in [5.41, 5.74) is 0.616. The van der Waals surface area contributed by atoms with Crippen molar-refractivity contribution in [1.29, 1.82) is 0 Å². The second kappa shape index (κ2) is 8.87. The number of amides is 1. The topological polar surface area (TPSA) is 63.9 Å². The van der Waals surface area contributed by atoms with Crippen LogP contribution in [0.25, 0.3) is 0 Å². The minimum atomic E-state index is -0.102. The largest absolute Gasteiger partial charge is 0.494 e. The quantitative estimate of drug-likeness (QED) is 0.825. The Bertz CT molecular complexity index is 705. The molecule has 1 fully saturated rings. The Kier molecular flexibility index (Phi) is 6.30. The van der Waals surface area contributed by atoms with Gasteiger partial charge in [-0.1, -0.05) is 0 Å². The maximum atomic E-state index is 12.5. The van der Waals surface area contributed by atoms with Crippen LogP contribution in [0.1, 0.15) is 34.8 Å². The van der Waals surface area contributed by atoms with E-state index in [1.165, 1.54) is 0 Å². The van der Waals surface area contributed by atoms with E-state index in [0.717, 1.165) is 30.4 Å². The molecule has 26 heavy (non-hydrogen) atoms. The molecule has 3 rings (SSSR count). The molecule has 0 saturated carbocycles. The van der Waals surface area contributed by atoms with Crippen LogP contribution in [0.3, 0.4) is 0 Å². The zero-order valence-corrected chi connectivity index (χ0v) is 15.4. The van der Waals surface area contributed by atoms with Crippen LogP contribution in [0.5, 0.6) is 5.75 Å². The van der Waals surface area contributed by atoms with Crippen molar-refractivity contribution in [3.8, 4) is 5.75 Å². The Morgan fingerprint density at radius 2 is 1.92 bits per heavy atom. The van der Waals surface area contributed by atoms with Crippen molar-refractivity contribution in [3.63, 3.8) is 0 Å². The predicted molar refractivity (Wildman–Crippen MR) is 98.5 cm³/mol. The number of carbonyl (C=O) groups excluding carboxylic acids is 1. The fourth-order valence-electron chi connectivity index (χ4n) is 3.09. The van der Waals surface area contributed by atoms with Crippen molar-refractivity contribution in [2.75, 3.05) is 39.5 Å². The highest BCUT2D eigenvalue weighted by Gasteiger charge is 2.25. The first kappa shape index (κ1) is 18.5. The van der Waals surface area contributed by atoms with E-state index < -0.39 is 0 Å². The molecule has 2 heterocycles. The molecule has 1 aromatic heterocycles. The second-order valence-corrected chi connectivity index (χ2v) is 6.28. The number of rotatable bonds is 7. The molecule has 1 atom stereocenters. The summed E-state index contributed by atoms with van der Waals surface area (Å²) in [6.45, 7) is 7.99. The maximum absolute atomic E-state index is 12.5. The number of nitrogens with one attached hydrogen (secondary N) is 1. The molecule has 1 aromatic carbocycles. The molecule has 1 unspecified atom stereocenters. The van der Waals surface area contributed by atoms with E-state index in [-0.39, 0.29) is 11.9 Å². The normalized spacial score (nSPS) is 16.2. The van der Waals surface area contributed by atoms with Gasteiger partial charge in [0.1, 0.15) is 17.3 Å². The van der Waals surface area contributed by atoms with Gasteiger partial charge < -0.3 is 19.2 Å². The van der Waals surface area contributed by atoms with Crippen LogP contribution in [0.4, 0.5) is 0 Å². The number of carbonyl (C=O) groups is 1. The number of ether oxygens (including phenoxy) is 2. The van der Waals surface area contributed by atoms with Gasteiger partial charge in [-0.2, -0.15) is 0 Å². The summed E-state index contributed by atoms with van der Waals surface area (Å²) in [5, 5.41) is 3.03. The van der Waals surface area contributed by atoms with E-state index in [1.807, 2.05) is 38.1 Å². The molecule has 0 bridgehead atoms. The van der Waals surface area contributed by atoms with Crippen molar-refractivity contribution in [3.05, 3.63) is 53.5 Å². The van der Waals surface area contributed by atoms with Crippen molar-refractivity contribution in [1.82, 2.24) is 10.2 Å². The van der Waals surface area contributed by atoms with Gasteiger partial charge in [-0.25, -0.2) is 0 Å². The summed E-state index contributed by atoms with van der Waals surface area (Å²) in [4.78, 5) is 14.8. The number of hydrogen-bond acceptors (Lipinski definition) is 5. The van der Waals surface area contributed by atoms with Crippen molar-refractivity contribution in [2.45, 2.75) is 19.9 Å². The number of morpholine rings is 1. The average molecular weight is 358 g/mol. The summed E-state index contributed by atoms with van der Waals surface area (Å²) in [6.07, 6.45) is 0. The summed E-state index contributed by atoms with van der Waals surface area (Å²) in [6, 6.07) is 11.1. The zero-order chi connectivity index (χ0) is 18.4. The first-order valence-corrected chi connectivity index (χ1v) is 9.06. The fraction of sp³-hybridized carbons (Fsp3) is 0.450. The van der Waals surface area contributed by atoms with Crippen LogP contribution in [0.15, 0.2) is 40.8 Å². The summed E-state index contributed by atoms with van der Waals surface area (Å²) < 4.78 is 16.7. The molecule has 0 radical (unpaired) electrons. The van der Waals surface area contributed by atoms with E-state index >= 15 is 0 Å². The average Bonchev–Trinajstić information content (AvgIpc) is 3.09. The van der Waals surface area contributed by atoms with Gasteiger partial charge in [0.2, 0.25) is 0 Å². The van der Waals surface area contributed by atoms with Gasteiger partial charge in [0.05, 0.1) is 25.9 Å². The second-order valence-electron chi connectivity index (χ2n) is 6.28. The molecule has 0 aliphatic carbocycles. The third-order valence-electron chi connectivity index (χ3n) is 4.46. The molecule has 1 N–H and O–H groups in total. The number of furan rings is 1. The molecular formula is C20H26N2O4. The highest BCUT2D eigenvalue weighted by atomic mass is 16.5. The molecule has 6 nitrogen and oxygen atoms in total. The molecule has 1 amide bonds. The monoisotopic (exact) mass is 358 g/mol. The SMILES string of the molecule is CCOc1ccc(C(=O)NCC(c2ccc(C)o2)N2CCOCC2)cc1. The lowest BCUT2D eigenvalue weighted by atomic mass is 10.1. The smallest absolute Gasteiger partial charge is 0.251 e. The number of nitrogens with zero attached hydrogens (tertiary/aromatic N) is 1. The number of aryl methyl sites for hydroxylation is 1. The molecule has 0 spiro atoms. The molecule has 6 heteroatoms. The van der Waals surface area contributed by atoms with Crippen LogP contribution in [0, 0.1) is 6.92 Å². The third kappa shape index (κ3) is 4.65. The van der Waals surface area contributed by atoms with Crippen LogP contribution >= 0.6 is 0 Å². The van der Waals surface area contributed by atoms with Gasteiger partial charge in [0, 0.05) is 25.2 Å². The Morgan fingerprint density at radius 3 is 2.54 bits per heavy atom. The lowest BCUT2D eigenvalue weighted by Crippen LogP contribution is -2.43. The molecule has 2 aromatic rings. The van der Waals surface area contributed by atoms with E-state index in [2.05, 4.69) is 10.2 Å². The van der Waals surface area contributed by atoms with Gasteiger partial charge in [0.25, 0.3) is 5.91 Å². The molecular weight excluding hydrogens is 332 g/mol. The standard InChI is InChI=1S/C20H26N2O4/c1-3-25-17-7-5-16(6-8-17)20(23)21-14-18(19-9-4-15(2)26-19)22-10-12-24-13-11-22/h4-9,18H,3,10-14H2,1-2H3,(H,21,23). The lowest BCUT2D eigenvalue weighted by Gasteiger charge is -2.33. The molecule has 1 saturated heterocycles. The fourth-order valence-corrected chi connectivity index (χ4v) is 3.09. The first-order chi connectivity index (χ1) is 12.7. The Labute approximate surface area is 154 Å².